The second kappa shape index (κ2) is 5.74. The lowest BCUT2D eigenvalue weighted by atomic mass is 10.2. The lowest BCUT2D eigenvalue weighted by molar-refractivity contribution is -0.130. The first-order chi connectivity index (χ1) is 9.04. The van der Waals surface area contributed by atoms with E-state index in [9.17, 15) is 4.79 Å². The minimum Gasteiger partial charge on any atom is -0.344 e. The molecule has 5 heteroatoms. The fraction of sp³-hybridized carbons (Fsp3) is 0.714. The van der Waals surface area contributed by atoms with E-state index in [0.29, 0.717) is 12.5 Å². The molecule has 2 heterocycles. The van der Waals surface area contributed by atoms with Crippen molar-refractivity contribution in [3.63, 3.8) is 0 Å². The highest BCUT2D eigenvalue weighted by atomic mass is 16.2. The number of imidazole rings is 1. The van der Waals surface area contributed by atoms with Crippen molar-refractivity contribution >= 4 is 5.91 Å². The molecule has 0 aliphatic carbocycles. The van der Waals surface area contributed by atoms with Crippen LogP contribution in [0, 0.1) is 0 Å². The Kier molecular flexibility index (Phi) is 4.24. The second-order valence-electron chi connectivity index (χ2n) is 5.44. The molecule has 2 rings (SSSR count). The van der Waals surface area contributed by atoms with Crippen LogP contribution in [0.15, 0.2) is 0 Å². The summed E-state index contributed by atoms with van der Waals surface area (Å²) in [4.78, 5) is 18.6. The van der Waals surface area contributed by atoms with Crippen molar-refractivity contribution in [1.29, 1.82) is 0 Å². The third-order valence-electron chi connectivity index (χ3n) is 3.73. The van der Waals surface area contributed by atoms with Crippen LogP contribution in [-0.2, 0) is 24.3 Å². The number of rotatable bonds is 4. The number of hydrogen-bond acceptors (Lipinski definition) is 3. The third-order valence-corrected chi connectivity index (χ3v) is 3.73. The van der Waals surface area contributed by atoms with Crippen molar-refractivity contribution in [1.82, 2.24) is 19.8 Å². The zero-order valence-corrected chi connectivity index (χ0v) is 12.4. The van der Waals surface area contributed by atoms with Crippen molar-refractivity contribution in [3.8, 4) is 0 Å². The van der Waals surface area contributed by atoms with Crippen LogP contribution in [0.4, 0.5) is 0 Å². The molecule has 1 aliphatic heterocycles. The molecular weight excluding hydrogens is 240 g/mol. The summed E-state index contributed by atoms with van der Waals surface area (Å²) in [5, 5.41) is 3.34. The van der Waals surface area contributed by atoms with Crippen LogP contribution in [0.5, 0.6) is 0 Å². The first-order valence-electron chi connectivity index (χ1n) is 7.07. The molecule has 0 bridgehead atoms. The molecule has 0 radical (unpaired) electrons. The Hall–Kier alpha value is -1.36. The summed E-state index contributed by atoms with van der Waals surface area (Å²) in [5.74, 6) is 1.53. The molecule has 0 atom stereocenters. The van der Waals surface area contributed by atoms with E-state index in [1.165, 1.54) is 5.69 Å². The normalized spacial score (nSPS) is 14.6. The van der Waals surface area contributed by atoms with E-state index in [1.807, 2.05) is 14.0 Å². The molecule has 0 saturated carbocycles. The number of aromatic nitrogens is 2. The van der Waals surface area contributed by atoms with Gasteiger partial charge in [-0.15, -0.1) is 0 Å². The molecule has 0 saturated heterocycles. The fourth-order valence-corrected chi connectivity index (χ4v) is 2.44. The number of carbonyl (C=O) groups is 1. The van der Waals surface area contributed by atoms with Gasteiger partial charge in [0.05, 0.1) is 5.69 Å². The van der Waals surface area contributed by atoms with Gasteiger partial charge in [-0.05, 0) is 6.92 Å². The van der Waals surface area contributed by atoms with Gasteiger partial charge in [0.1, 0.15) is 12.4 Å². The van der Waals surface area contributed by atoms with Crippen LogP contribution in [-0.4, -0.2) is 40.5 Å². The summed E-state index contributed by atoms with van der Waals surface area (Å²) >= 11 is 0. The van der Waals surface area contributed by atoms with Gasteiger partial charge in [-0.2, -0.15) is 0 Å². The highest BCUT2D eigenvalue weighted by molar-refractivity contribution is 5.75. The van der Waals surface area contributed by atoms with Gasteiger partial charge >= 0.3 is 0 Å². The topological polar surface area (TPSA) is 50.2 Å². The molecule has 1 aromatic rings. The molecule has 0 aromatic carbocycles. The van der Waals surface area contributed by atoms with E-state index in [2.05, 4.69) is 23.7 Å². The van der Waals surface area contributed by atoms with E-state index in [4.69, 9.17) is 4.98 Å². The Balaban J connectivity index is 2.31. The predicted molar refractivity (Wildman–Crippen MR) is 75.0 cm³/mol. The number of carbonyl (C=O) groups excluding carboxylic acids is 1. The van der Waals surface area contributed by atoms with Gasteiger partial charge in [-0.25, -0.2) is 4.98 Å². The second-order valence-corrected chi connectivity index (χ2v) is 5.44. The first kappa shape index (κ1) is 14.1. The smallest absolute Gasteiger partial charge is 0.242 e. The van der Waals surface area contributed by atoms with Gasteiger partial charge in [-0.3, -0.25) is 4.79 Å². The quantitative estimate of drug-likeness (QED) is 0.887. The Labute approximate surface area is 115 Å². The van der Waals surface area contributed by atoms with Crippen molar-refractivity contribution in [3.05, 3.63) is 17.2 Å². The van der Waals surface area contributed by atoms with Gasteiger partial charge in [0.2, 0.25) is 5.91 Å². The van der Waals surface area contributed by atoms with E-state index in [1.54, 1.807) is 4.90 Å². The lowest BCUT2D eigenvalue weighted by Gasteiger charge is -2.20. The molecular formula is C14H24N4O. The van der Waals surface area contributed by atoms with Gasteiger partial charge in [0, 0.05) is 44.7 Å². The zero-order chi connectivity index (χ0) is 14.0. The van der Waals surface area contributed by atoms with Crippen LogP contribution in [0.2, 0.25) is 0 Å². The van der Waals surface area contributed by atoms with Crippen LogP contribution >= 0.6 is 0 Å². The first-order valence-corrected chi connectivity index (χ1v) is 7.07. The molecule has 0 spiro atoms. The summed E-state index contributed by atoms with van der Waals surface area (Å²) in [7, 11) is 1.85. The predicted octanol–water partition coefficient (Wildman–Crippen LogP) is 1.13. The van der Waals surface area contributed by atoms with Crippen molar-refractivity contribution in [2.45, 2.75) is 46.2 Å². The molecule has 1 N–H and O–H groups in total. The summed E-state index contributed by atoms with van der Waals surface area (Å²) < 4.78 is 2.13. The Morgan fingerprint density at radius 3 is 2.89 bits per heavy atom. The number of hydrogen-bond donors (Lipinski definition) is 1. The Morgan fingerprint density at radius 1 is 1.53 bits per heavy atom. The minimum atomic E-state index is 0.156. The molecule has 19 heavy (non-hydrogen) atoms. The number of nitrogens with zero attached hydrogens (tertiary/aromatic N) is 3. The molecule has 1 amide bonds. The van der Waals surface area contributed by atoms with Crippen LogP contribution < -0.4 is 5.32 Å². The summed E-state index contributed by atoms with van der Waals surface area (Å²) in [6.07, 6.45) is 0.957. The van der Waals surface area contributed by atoms with Gasteiger partial charge < -0.3 is 14.8 Å². The Morgan fingerprint density at radius 2 is 2.26 bits per heavy atom. The maximum absolute atomic E-state index is 12.2. The SMILES string of the molecule is CCN(C)C(=O)Cn1c(C(C)C)nc2c1CCNC2. The monoisotopic (exact) mass is 264 g/mol. The zero-order valence-electron chi connectivity index (χ0n) is 12.4. The summed E-state index contributed by atoms with van der Waals surface area (Å²) in [5.41, 5.74) is 2.35. The van der Waals surface area contributed by atoms with E-state index >= 15 is 0 Å². The van der Waals surface area contributed by atoms with Crippen LogP contribution in [0.3, 0.4) is 0 Å². The van der Waals surface area contributed by atoms with Crippen molar-refractivity contribution < 1.29 is 4.79 Å². The van der Waals surface area contributed by atoms with Crippen molar-refractivity contribution in [2.75, 3.05) is 20.1 Å². The largest absolute Gasteiger partial charge is 0.344 e. The minimum absolute atomic E-state index is 0.156. The van der Waals surface area contributed by atoms with Gasteiger partial charge in [-0.1, -0.05) is 13.8 Å². The number of fused-ring (bicyclic) bond motifs is 1. The van der Waals surface area contributed by atoms with E-state index < -0.39 is 0 Å². The van der Waals surface area contributed by atoms with Crippen LogP contribution in [0.25, 0.3) is 0 Å². The summed E-state index contributed by atoms with van der Waals surface area (Å²) in [6.45, 7) is 9.20. The van der Waals surface area contributed by atoms with E-state index in [-0.39, 0.29) is 5.91 Å². The maximum atomic E-state index is 12.2. The van der Waals surface area contributed by atoms with Crippen LogP contribution in [0.1, 0.15) is 43.9 Å². The van der Waals surface area contributed by atoms with E-state index in [0.717, 1.165) is 37.6 Å². The highest BCUT2D eigenvalue weighted by Gasteiger charge is 2.23. The average Bonchev–Trinajstić information content (AvgIpc) is 2.77. The Bertz CT molecular complexity index is 464. The molecule has 0 fully saturated rings. The summed E-state index contributed by atoms with van der Waals surface area (Å²) in [6, 6.07) is 0. The number of likely N-dealkylation sites (N-methyl/N-ethyl adjacent to an activating group) is 1. The van der Waals surface area contributed by atoms with Crippen molar-refractivity contribution in [2.24, 2.45) is 0 Å². The lowest BCUT2D eigenvalue weighted by Crippen LogP contribution is -2.32. The molecule has 5 nitrogen and oxygen atoms in total. The molecule has 106 valence electrons. The third kappa shape index (κ3) is 2.81. The maximum Gasteiger partial charge on any atom is 0.242 e. The standard InChI is InChI=1S/C14H24N4O/c1-5-17(4)13(19)9-18-12-6-7-15-8-11(12)16-14(18)10(2)3/h10,15H,5-9H2,1-4H3. The molecule has 0 unspecified atom stereocenters. The number of amides is 1. The number of nitrogens with one attached hydrogen (secondary N) is 1. The average molecular weight is 264 g/mol. The molecule has 1 aliphatic rings. The highest BCUT2D eigenvalue weighted by Crippen LogP contribution is 2.21. The fourth-order valence-electron chi connectivity index (χ4n) is 2.44. The molecule has 1 aromatic heterocycles. The van der Waals surface area contributed by atoms with Gasteiger partial charge in [0.15, 0.2) is 0 Å². The van der Waals surface area contributed by atoms with Gasteiger partial charge in [0.25, 0.3) is 0 Å².